The van der Waals surface area contributed by atoms with E-state index in [1.807, 2.05) is 29.2 Å². The first-order valence-corrected chi connectivity index (χ1v) is 11.0. The van der Waals surface area contributed by atoms with Gasteiger partial charge in [0, 0.05) is 30.5 Å². The van der Waals surface area contributed by atoms with E-state index in [4.69, 9.17) is 10.5 Å². The molecule has 0 aromatic heterocycles. The molecule has 2 aliphatic heterocycles. The van der Waals surface area contributed by atoms with Crippen LogP contribution in [0.3, 0.4) is 0 Å². The highest BCUT2D eigenvalue weighted by atomic mass is 16.5. The van der Waals surface area contributed by atoms with Crippen LogP contribution in [0.1, 0.15) is 43.1 Å². The second-order valence-electron chi connectivity index (χ2n) is 9.96. The second-order valence-corrected chi connectivity index (χ2v) is 9.96. The van der Waals surface area contributed by atoms with E-state index in [1.165, 1.54) is 13.2 Å². The van der Waals surface area contributed by atoms with E-state index in [2.05, 4.69) is 31.4 Å². The van der Waals surface area contributed by atoms with Gasteiger partial charge in [0.05, 0.1) is 24.1 Å². The Balaban J connectivity index is 1.56. The molecule has 2 unspecified atom stereocenters. The minimum atomic E-state index is -0.767. The smallest absolute Gasteiger partial charge is 0.252 e. The molecule has 2 aliphatic rings. The maximum atomic E-state index is 13.7. The Hall–Kier alpha value is -3.39. The summed E-state index contributed by atoms with van der Waals surface area (Å²) in [5, 5.41) is 6.12. The van der Waals surface area contributed by atoms with Gasteiger partial charge < -0.3 is 26.0 Å². The van der Waals surface area contributed by atoms with Gasteiger partial charge in [0.1, 0.15) is 5.75 Å². The van der Waals surface area contributed by atoms with Gasteiger partial charge in [-0.25, -0.2) is 0 Å². The van der Waals surface area contributed by atoms with Crippen LogP contribution in [0.25, 0.3) is 0 Å². The summed E-state index contributed by atoms with van der Waals surface area (Å²) in [6.45, 7) is 7.32. The number of primary amides is 1. The fraction of sp³-hybridized carbons (Fsp3) is 0.400. The van der Waals surface area contributed by atoms with Gasteiger partial charge in [-0.1, -0.05) is 39.0 Å². The van der Waals surface area contributed by atoms with Crippen LogP contribution in [0.5, 0.6) is 5.75 Å². The number of nitrogens with zero attached hydrogens (tertiary/aromatic N) is 1. The number of para-hydroxylation sites is 1. The number of hydrogen-bond acceptors (Lipinski definition) is 5. The average molecular weight is 451 g/mol. The van der Waals surface area contributed by atoms with Gasteiger partial charge in [0.25, 0.3) is 5.91 Å². The molecular formula is C25H30N4O4. The molecule has 1 saturated heterocycles. The van der Waals surface area contributed by atoms with Crippen molar-refractivity contribution in [1.29, 1.82) is 0 Å². The van der Waals surface area contributed by atoms with Crippen molar-refractivity contribution in [2.75, 3.05) is 30.4 Å². The quantitative estimate of drug-likeness (QED) is 0.647. The Morgan fingerprint density at radius 2 is 1.97 bits per heavy atom. The zero-order valence-electron chi connectivity index (χ0n) is 19.4. The molecule has 0 bridgehead atoms. The molecule has 4 N–H and O–H groups in total. The van der Waals surface area contributed by atoms with Crippen molar-refractivity contribution in [2.24, 2.45) is 11.1 Å². The number of methoxy groups -OCH3 is 1. The topological polar surface area (TPSA) is 114 Å². The maximum absolute atomic E-state index is 13.7. The van der Waals surface area contributed by atoms with Crippen LogP contribution in [0.15, 0.2) is 42.5 Å². The average Bonchev–Trinajstić information content (AvgIpc) is 3.30. The lowest BCUT2D eigenvalue weighted by Gasteiger charge is -2.29. The lowest BCUT2D eigenvalue weighted by Crippen LogP contribution is -2.44. The highest BCUT2D eigenvalue weighted by Crippen LogP contribution is 2.47. The number of amides is 3. The van der Waals surface area contributed by atoms with E-state index < -0.39 is 17.4 Å². The molecule has 174 valence electrons. The van der Waals surface area contributed by atoms with Gasteiger partial charge in [-0.2, -0.15) is 0 Å². The summed E-state index contributed by atoms with van der Waals surface area (Å²) in [4.78, 5) is 40.1. The molecular weight excluding hydrogens is 420 g/mol. The van der Waals surface area contributed by atoms with E-state index in [0.717, 1.165) is 11.3 Å². The van der Waals surface area contributed by atoms with Crippen molar-refractivity contribution >= 4 is 29.1 Å². The summed E-state index contributed by atoms with van der Waals surface area (Å²) in [5.74, 6) is -0.537. The maximum Gasteiger partial charge on any atom is 0.252 e. The van der Waals surface area contributed by atoms with Crippen LogP contribution in [-0.2, 0) is 15.0 Å². The fourth-order valence-electron chi connectivity index (χ4n) is 4.77. The predicted octanol–water partition coefficient (Wildman–Crippen LogP) is 2.43. The van der Waals surface area contributed by atoms with Crippen LogP contribution in [0.2, 0.25) is 0 Å². The molecule has 1 fully saturated rings. The van der Waals surface area contributed by atoms with Crippen molar-refractivity contribution < 1.29 is 19.1 Å². The molecule has 1 spiro atoms. The number of ether oxygens (including phenoxy) is 1. The van der Waals surface area contributed by atoms with Gasteiger partial charge in [0.2, 0.25) is 11.8 Å². The Morgan fingerprint density at radius 3 is 2.64 bits per heavy atom. The van der Waals surface area contributed by atoms with Crippen molar-refractivity contribution in [3.63, 3.8) is 0 Å². The minimum absolute atomic E-state index is 0.0360. The van der Waals surface area contributed by atoms with E-state index in [0.29, 0.717) is 25.2 Å². The third-order valence-corrected chi connectivity index (χ3v) is 6.25. The fourth-order valence-corrected chi connectivity index (χ4v) is 4.77. The van der Waals surface area contributed by atoms with E-state index in [9.17, 15) is 14.4 Å². The summed E-state index contributed by atoms with van der Waals surface area (Å²) >= 11 is 0. The summed E-state index contributed by atoms with van der Waals surface area (Å²) in [6, 6.07) is 12.0. The van der Waals surface area contributed by atoms with E-state index in [-0.39, 0.29) is 28.5 Å². The number of fused-ring (bicyclic) bond motifs is 2. The third kappa shape index (κ3) is 4.06. The lowest BCUT2D eigenvalue weighted by atomic mass is 9.79. The van der Waals surface area contributed by atoms with E-state index in [1.54, 1.807) is 12.1 Å². The highest BCUT2D eigenvalue weighted by molar-refractivity contribution is 6.10. The van der Waals surface area contributed by atoms with Crippen LogP contribution in [0, 0.1) is 5.41 Å². The molecule has 33 heavy (non-hydrogen) atoms. The number of benzene rings is 2. The molecule has 3 amide bonds. The number of hydrogen-bond donors (Lipinski definition) is 3. The molecule has 8 heteroatoms. The molecule has 0 aliphatic carbocycles. The molecule has 2 aromatic rings. The Morgan fingerprint density at radius 1 is 1.24 bits per heavy atom. The zero-order valence-corrected chi connectivity index (χ0v) is 19.4. The second kappa shape index (κ2) is 8.19. The molecule has 0 radical (unpaired) electrons. The van der Waals surface area contributed by atoms with Crippen molar-refractivity contribution in [3.8, 4) is 5.75 Å². The number of anilines is 2. The number of rotatable bonds is 5. The van der Waals surface area contributed by atoms with Crippen molar-refractivity contribution in [2.45, 2.75) is 38.6 Å². The predicted molar refractivity (Wildman–Crippen MR) is 126 cm³/mol. The van der Waals surface area contributed by atoms with Crippen molar-refractivity contribution in [1.82, 2.24) is 5.32 Å². The van der Waals surface area contributed by atoms with Gasteiger partial charge in [-0.05, 0) is 35.6 Å². The summed E-state index contributed by atoms with van der Waals surface area (Å²) < 4.78 is 5.22. The van der Waals surface area contributed by atoms with Crippen LogP contribution in [0.4, 0.5) is 11.4 Å². The highest BCUT2D eigenvalue weighted by Gasteiger charge is 2.56. The largest absolute Gasteiger partial charge is 0.496 e. The van der Waals surface area contributed by atoms with Crippen LogP contribution < -0.4 is 26.0 Å². The number of carbonyl (C=O) groups excluding carboxylic acids is 3. The number of nitrogens with two attached hydrogens (primary N) is 1. The van der Waals surface area contributed by atoms with E-state index >= 15 is 0 Å². The molecule has 2 atom stereocenters. The number of carbonyl (C=O) groups is 3. The first-order chi connectivity index (χ1) is 15.6. The summed E-state index contributed by atoms with van der Waals surface area (Å²) in [7, 11) is 1.43. The third-order valence-electron chi connectivity index (χ3n) is 6.25. The number of nitrogens with one attached hydrogen (secondary N) is 2. The zero-order chi connectivity index (χ0) is 24.0. The molecule has 2 heterocycles. The standard InChI is InChI=1S/C25H30N4O4/c1-24(2,3)14-29-19-8-6-5-7-17(19)25(23(29)32)12-18(27-13-25)22(31)28-15-9-10-16(21(26)30)20(11-15)33-4/h5-11,18,27H,12-14H2,1-4H3,(H2,26,30)(H,28,31). The first kappa shape index (κ1) is 22.8. The SMILES string of the molecule is COc1cc(NC(=O)C2CC3(CN2)C(=O)N(CC(C)(C)C)c2ccccc23)ccc1C(N)=O. The minimum Gasteiger partial charge on any atom is -0.496 e. The lowest BCUT2D eigenvalue weighted by molar-refractivity contribution is -0.123. The van der Waals surface area contributed by atoms with Crippen molar-refractivity contribution in [3.05, 3.63) is 53.6 Å². The monoisotopic (exact) mass is 450 g/mol. The van der Waals surface area contributed by atoms with Gasteiger partial charge in [-0.3, -0.25) is 14.4 Å². The van der Waals surface area contributed by atoms with Crippen LogP contribution in [-0.4, -0.2) is 44.0 Å². The van der Waals surface area contributed by atoms with Gasteiger partial charge >= 0.3 is 0 Å². The Bertz CT molecular complexity index is 1120. The molecule has 2 aromatic carbocycles. The van der Waals surface area contributed by atoms with Gasteiger partial charge in [-0.15, -0.1) is 0 Å². The molecule has 0 saturated carbocycles. The summed E-state index contributed by atoms with van der Waals surface area (Å²) in [6.07, 6.45) is 0.367. The molecule has 4 rings (SSSR count). The van der Waals surface area contributed by atoms with Gasteiger partial charge in [0.15, 0.2) is 0 Å². The molecule has 8 nitrogen and oxygen atoms in total. The Labute approximate surface area is 193 Å². The normalized spacial score (nSPS) is 21.9. The Kier molecular flexibility index (Phi) is 5.66. The van der Waals surface area contributed by atoms with Crippen LogP contribution >= 0.6 is 0 Å². The first-order valence-electron chi connectivity index (χ1n) is 11.0. The summed E-state index contributed by atoms with van der Waals surface area (Å²) in [5.41, 5.74) is 7.14.